The Hall–Kier alpha value is -1.61. The largest absolute Gasteiger partial charge is 0.383 e. The van der Waals surface area contributed by atoms with Crippen molar-refractivity contribution < 1.29 is 0 Å². The summed E-state index contributed by atoms with van der Waals surface area (Å²) in [5.74, 6) is 0.622. The van der Waals surface area contributed by atoms with E-state index >= 15 is 0 Å². The molecule has 1 aromatic heterocycles. The lowest BCUT2D eigenvalue weighted by molar-refractivity contribution is 0.227. The summed E-state index contributed by atoms with van der Waals surface area (Å²) in [6, 6.07) is 8.62. The maximum Gasteiger partial charge on any atom is 0.0726 e. The number of pyridine rings is 1. The van der Waals surface area contributed by atoms with Crippen molar-refractivity contribution >= 4 is 16.6 Å². The second kappa shape index (κ2) is 5.19. The third kappa shape index (κ3) is 1.97. The first-order valence-corrected chi connectivity index (χ1v) is 9.18. The molecule has 0 radical (unpaired) electrons. The van der Waals surface area contributed by atoms with Crippen LogP contribution in [0, 0.1) is 5.41 Å². The maximum atomic E-state index is 5.16. The first kappa shape index (κ1) is 15.9. The molecule has 2 bridgehead atoms. The molecule has 1 fully saturated rings. The average Bonchev–Trinajstić information content (AvgIpc) is 2.86. The molecule has 1 aromatic carbocycles. The summed E-state index contributed by atoms with van der Waals surface area (Å²) in [6.07, 6.45) is 2.55. The summed E-state index contributed by atoms with van der Waals surface area (Å²) in [5.41, 5.74) is 5.83. The zero-order chi connectivity index (χ0) is 17.1. The van der Waals surface area contributed by atoms with Crippen molar-refractivity contribution in [1.29, 1.82) is 0 Å². The molecule has 1 heterocycles. The zero-order valence-electron chi connectivity index (χ0n) is 15.6. The number of para-hydroxylation sites is 1. The third-order valence-corrected chi connectivity index (χ3v) is 6.89. The lowest BCUT2D eigenvalue weighted by Gasteiger charge is -2.34. The van der Waals surface area contributed by atoms with Gasteiger partial charge >= 0.3 is 0 Å². The summed E-state index contributed by atoms with van der Waals surface area (Å²) in [5, 5.41) is 5.06. The van der Waals surface area contributed by atoms with Crippen LogP contribution in [0.25, 0.3) is 10.9 Å². The molecular formula is C21H29N3. The Morgan fingerprint density at radius 3 is 2.71 bits per heavy atom. The Balaban J connectivity index is 1.90. The monoisotopic (exact) mass is 323 g/mol. The van der Waals surface area contributed by atoms with E-state index in [1.54, 1.807) is 0 Å². The van der Waals surface area contributed by atoms with Gasteiger partial charge in [0, 0.05) is 35.1 Å². The van der Waals surface area contributed by atoms with Gasteiger partial charge in [0.15, 0.2) is 0 Å². The fourth-order valence-corrected chi connectivity index (χ4v) is 5.01. The summed E-state index contributed by atoms with van der Waals surface area (Å²) in [6.45, 7) is 9.33. The van der Waals surface area contributed by atoms with Gasteiger partial charge in [0.2, 0.25) is 0 Å². The van der Waals surface area contributed by atoms with Crippen LogP contribution in [0.5, 0.6) is 0 Å². The van der Waals surface area contributed by atoms with Crippen molar-refractivity contribution in [2.45, 2.75) is 44.9 Å². The van der Waals surface area contributed by atoms with Crippen LogP contribution in [-0.4, -0.2) is 37.1 Å². The topological polar surface area (TPSA) is 28.2 Å². The van der Waals surface area contributed by atoms with Crippen LogP contribution in [0.4, 0.5) is 5.69 Å². The molecule has 4 rings (SSSR count). The van der Waals surface area contributed by atoms with Gasteiger partial charge in [-0.05, 0) is 44.3 Å². The minimum atomic E-state index is 0.203. The van der Waals surface area contributed by atoms with E-state index in [1.165, 1.54) is 35.2 Å². The molecule has 3 heteroatoms. The number of nitrogens with zero attached hydrogens (tertiary/aromatic N) is 2. The van der Waals surface area contributed by atoms with E-state index in [1.807, 2.05) is 0 Å². The minimum absolute atomic E-state index is 0.203. The van der Waals surface area contributed by atoms with Gasteiger partial charge in [-0.15, -0.1) is 0 Å². The molecule has 2 unspecified atom stereocenters. The average molecular weight is 323 g/mol. The van der Waals surface area contributed by atoms with Crippen LogP contribution in [0.2, 0.25) is 0 Å². The molecule has 1 saturated carbocycles. The smallest absolute Gasteiger partial charge is 0.0726 e. The third-order valence-electron chi connectivity index (χ3n) is 6.89. The Morgan fingerprint density at radius 1 is 1.21 bits per heavy atom. The van der Waals surface area contributed by atoms with Crippen molar-refractivity contribution in [3.8, 4) is 0 Å². The number of nitrogens with one attached hydrogen (secondary N) is 1. The molecule has 3 nitrogen and oxygen atoms in total. The molecule has 0 saturated heterocycles. The van der Waals surface area contributed by atoms with E-state index in [0.29, 0.717) is 5.92 Å². The van der Waals surface area contributed by atoms with Crippen LogP contribution in [0.15, 0.2) is 24.3 Å². The molecule has 2 aliphatic rings. The Kier molecular flexibility index (Phi) is 3.44. The fourth-order valence-electron chi connectivity index (χ4n) is 5.01. The van der Waals surface area contributed by atoms with Gasteiger partial charge in [-0.2, -0.15) is 0 Å². The normalized spacial score (nSPS) is 27.0. The summed E-state index contributed by atoms with van der Waals surface area (Å²) >= 11 is 0. The van der Waals surface area contributed by atoms with Crippen molar-refractivity contribution in [3.63, 3.8) is 0 Å². The molecule has 0 aliphatic heterocycles. The highest BCUT2D eigenvalue weighted by molar-refractivity contribution is 5.94. The summed E-state index contributed by atoms with van der Waals surface area (Å²) in [4.78, 5) is 7.39. The number of fused-ring (bicyclic) bond motifs is 6. The van der Waals surface area contributed by atoms with E-state index < -0.39 is 0 Å². The SMILES string of the molecule is CN(C)CCNc1c2c(nc3ccccc13)C1(C)CCC2C1(C)C. The molecule has 24 heavy (non-hydrogen) atoms. The van der Waals surface area contributed by atoms with Gasteiger partial charge in [0.25, 0.3) is 0 Å². The number of hydrogen-bond acceptors (Lipinski definition) is 3. The molecule has 1 N–H and O–H groups in total. The molecule has 0 amide bonds. The number of anilines is 1. The van der Waals surface area contributed by atoms with Gasteiger partial charge in [-0.25, -0.2) is 0 Å². The van der Waals surface area contributed by atoms with Crippen LogP contribution < -0.4 is 5.32 Å². The summed E-state index contributed by atoms with van der Waals surface area (Å²) < 4.78 is 0. The van der Waals surface area contributed by atoms with Crippen molar-refractivity contribution in [3.05, 3.63) is 35.5 Å². The Morgan fingerprint density at radius 2 is 1.96 bits per heavy atom. The Bertz CT molecular complexity index is 793. The first-order valence-electron chi connectivity index (χ1n) is 9.18. The number of aromatic nitrogens is 1. The van der Waals surface area contributed by atoms with Gasteiger partial charge in [0.1, 0.15) is 0 Å². The van der Waals surface area contributed by atoms with Crippen molar-refractivity contribution in [2.24, 2.45) is 5.41 Å². The minimum Gasteiger partial charge on any atom is -0.383 e. The highest BCUT2D eigenvalue weighted by Crippen LogP contribution is 2.68. The second-order valence-corrected chi connectivity index (χ2v) is 8.64. The number of benzene rings is 1. The van der Waals surface area contributed by atoms with Gasteiger partial charge < -0.3 is 10.2 Å². The lowest BCUT2D eigenvalue weighted by Crippen LogP contribution is -2.32. The number of hydrogen-bond donors (Lipinski definition) is 1. The fraction of sp³-hybridized carbons (Fsp3) is 0.571. The second-order valence-electron chi connectivity index (χ2n) is 8.64. The van der Waals surface area contributed by atoms with Crippen molar-refractivity contribution in [2.75, 3.05) is 32.5 Å². The zero-order valence-corrected chi connectivity index (χ0v) is 15.6. The standard InChI is InChI=1S/C21H29N3/c1-20(2)15-10-11-21(20,3)19-17(15)18(22-12-13-24(4)5)14-8-6-7-9-16(14)23-19/h6-9,15H,10-13H2,1-5H3,(H,22,23). The molecular weight excluding hydrogens is 294 g/mol. The van der Waals surface area contributed by atoms with Gasteiger partial charge in [-0.3, -0.25) is 4.98 Å². The highest BCUT2D eigenvalue weighted by Gasteiger charge is 2.61. The molecule has 0 spiro atoms. The van der Waals surface area contributed by atoms with Gasteiger partial charge in [0.05, 0.1) is 11.2 Å². The van der Waals surface area contributed by atoms with Crippen LogP contribution in [0.3, 0.4) is 0 Å². The molecule has 128 valence electrons. The quantitative estimate of drug-likeness (QED) is 0.905. The molecule has 2 aliphatic carbocycles. The first-order chi connectivity index (χ1) is 11.4. The molecule has 2 aromatic rings. The van der Waals surface area contributed by atoms with E-state index in [-0.39, 0.29) is 10.8 Å². The van der Waals surface area contributed by atoms with E-state index in [2.05, 4.69) is 69.3 Å². The van der Waals surface area contributed by atoms with E-state index in [4.69, 9.17) is 4.98 Å². The summed E-state index contributed by atoms with van der Waals surface area (Å²) in [7, 11) is 4.26. The predicted molar refractivity (Wildman–Crippen MR) is 102 cm³/mol. The maximum absolute atomic E-state index is 5.16. The predicted octanol–water partition coefficient (Wildman–Crippen LogP) is 4.38. The highest BCUT2D eigenvalue weighted by atomic mass is 15.1. The van der Waals surface area contributed by atoms with Crippen molar-refractivity contribution in [1.82, 2.24) is 9.88 Å². The van der Waals surface area contributed by atoms with Crippen LogP contribution in [-0.2, 0) is 5.41 Å². The number of rotatable bonds is 4. The Labute approximate surface area is 145 Å². The van der Waals surface area contributed by atoms with Crippen LogP contribution >= 0.6 is 0 Å². The van der Waals surface area contributed by atoms with E-state index in [0.717, 1.165) is 18.6 Å². The van der Waals surface area contributed by atoms with Crippen LogP contribution in [0.1, 0.15) is 50.8 Å². The van der Waals surface area contributed by atoms with Gasteiger partial charge in [-0.1, -0.05) is 39.0 Å². The lowest BCUT2D eigenvalue weighted by atomic mass is 9.70. The number of likely N-dealkylation sites (N-methyl/N-ethyl adjacent to an activating group) is 1. The molecule has 2 atom stereocenters. The van der Waals surface area contributed by atoms with E-state index in [9.17, 15) is 0 Å².